The third-order valence-corrected chi connectivity index (χ3v) is 10.5. The molecular weight excluding hydrogens is 659 g/mol. The Kier molecular flexibility index (Phi) is 10.2. The molecule has 0 bridgehead atoms. The molecule has 18 heteroatoms. The number of nitrogens with zero attached hydrogens (tertiary/aromatic N) is 5. The lowest BCUT2D eigenvalue weighted by Gasteiger charge is -2.33. The Morgan fingerprint density at radius 3 is 2.51 bits per heavy atom. The maximum absolute atomic E-state index is 12.6. The van der Waals surface area contributed by atoms with Gasteiger partial charge in [-0.05, 0) is 48.6 Å². The third-order valence-electron chi connectivity index (χ3n) is 8.91. The lowest BCUT2D eigenvalue weighted by atomic mass is 10.1. The summed E-state index contributed by atoms with van der Waals surface area (Å²) < 4.78 is 30.9. The number of benzene rings is 1. The summed E-state index contributed by atoms with van der Waals surface area (Å²) in [7, 11) is -5.17. The van der Waals surface area contributed by atoms with Crippen LogP contribution in [0.4, 0.5) is 11.5 Å². The van der Waals surface area contributed by atoms with Gasteiger partial charge in [-0.3, -0.25) is 9.36 Å². The van der Waals surface area contributed by atoms with Crippen LogP contribution in [0.25, 0.3) is 11.0 Å². The lowest BCUT2D eigenvalue weighted by molar-refractivity contribution is -0.131. The molecule has 1 amide bonds. The van der Waals surface area contributed by atoms with Gasteiger partial charge < -0.3 is 49.5 Å². The minimum absolute atomic E-state index is 0.0491. The molecule has 5 atom stereocenters. The number of rotatable bonds is 13. The predicted octanol–water partition coefficient (Wildman–Crippen LogP) is 1.68. The molecule has 0 radical (unpaired) electrons. The Morgan fingerprint density at radius 1 is 1.11 bits per heavy atom. The molecule has 1 aliphatic carbocycles. The number of aromatic nitrogens is 4. The van der Waals surface area contributed by atoms with Crippen molar-refractivity contribution in [3.63, 3.8) is 0 Å². The molecule has 6 N–H and O–H groups in total. The summed E-state index contributed by atoms with van der Waals surface area (Å²) in [4.78, 5) is 42.6. The van der Waals surface area contributed by atoms with Crippen molar-refractivity contribution in [2.75, 3.05) is 36.6 Å². The van der Waals surface area contributed by atoms with Crippen LogP contribution in [0.15, 0.2) is 30.5 Å². The van der Waals surface area contributed by atoms with Crippen molar-refractivity contribution < 1.29 is 48.7 Å². The van der Waals surface area contributed by atoms with Crippen LogP contribution in [0.1, 0.15) is 50.3 Å². The highest BCUT2D eigenvalue weighted by molar-refractivity contribution is 7.53. The Balaban J connectivity index is 1.11. The summed E-state index contributed by atoms with van der Waals surface area (Å²) in [6.45, 7) is -1.86. The number of halogens is 1. The maximum Gasteiger partial charge on any atom is 0.361 e. The first-order chi connectivity index (χ1) is 22.5. The lowest BCUT2D eigenvalue weighted by Crippen LogP contribution is -2.45. The molecule has 2 aliphatic heterocycles. The summed E-state index contributed by atoms with van der Waals surface area (Å²) >= 11 is 6.22. The standard InChI is InChI=1S/C29H38ClN6O10P/c30-28-33-25(32-18-4-1-2-5-18)20-12-31-36(26(20)34-28)27-24(40)23(39)21(46-27)14-45-29(15-37,47(41,42)43)16-44-13-17-7-9-19(10-8-17)35-11-3-6-22(35)38/h7-10,12,18,21,23-24,27,37,39-40H,1-6,11,13-16H2,(H,32,33,34)(H2,41,42,43)/t21-,23-,24-,27-,29?/m1/s1. The van der Waals surface area contributed by atoms with E-state index in [1.165, 1.54) is 10.9 Å². The molecule has 256 valence electrons. The summed E-state index contributed by atoms with van der Waals surface area (Å²) in [5, 5.41) is 37.5. The van der Waals surface area contributed by atoms with Crippen molar-refractivity contribution in [2.24, 2.45) is 0 Å². The van der Waals surface area contributed by atoms with E-state index in [1.807, 2.05) is 0 Å². The minimum Gasteiger partial charge on any atom is -0.393 e. The average Bonchev–Trinajstić information content (AvgIpc) is 3.84. The number of carbonyl (C=O) groups is 1. The smallest absolute Gasteiger partial charge is 0.361 e. The molecule has 16 nitrogen and oxygen atoms in total. The van der Waals surface area contributed by atoms with Crippen LogP contribution in [0.2, 0.25) is 5.28 Å². The summed E-state index contributed by atoms with van der Waals surface area (Å²) in [5.41, 5.74) is 1.65. The summed E-state index contributed by atoms with van der Waals surface area (Å²) in [5.74, 6) is 0.533. The zero-order valence-corrected chi connectivity index (χ0v) is 27.0. The number of hydrogen-bond acceptors (Lipinski definition) is 12. The monoisotopic (exact) mass is 696 g/mol. The van der Waals surface area contributed by atoms with Crippen LogP contribution in [0.5, 0.6) is 0 Å². The van der Waals surface area contributed by atoms with E-state index in [0.29, 0.717) is 29.7 Å². The number of hydrogen-bond donors (Lipinski definition) is 6. The van der Waals surface area contributed by atoms with Gasteiger partial charge in [0.1, 0.15) is 24.1 Å². The second-order valence-corrected chi connectivity index (χ2v) is 14.3. The molecule has 2 aromatic heterocycles. The fourth-order valence-electron chi connectivity index (χ4n) is 6.18. The molecule has 2 saturated heterocycles. The van der Waals surface area contributed by atoms with E-state index in [0.717, 1.165) is 37.8 Å². The van der Waals surface area contributed by atoms with E-state index < -0.39 is 57.3 Å². The highest BCUT2D eigenvalue weighted by atomic mass is 35.5. The molecule has 3 aliphatic rings. The minimum atomic E-state index is -5.17. The molecular formula is C29H38ClN6O10P. The Morgan fingerprint density at radius 2 is 1.85 bits per heavy atom. The van der Waals surface area contributed by atoms with Gasteiger partial charge in [-0.2, -0.15) is 15.1 Å². The van der Waals surface area contributed by atoms with Crippen molar-refractivity contribution in [1.82, 2.24) is 19.7 Å². The third kappa shape index (κ3) is 7.04. The van der Waals surface area contributed by atoms with Crippen molar-refractivity contribution in [3.8, 4) is 0 Å². The number of aliphatic hydroxyl groups is 3. The first kappa shape index (κ1) is 34.1. The fourth-order valence-corrected chi connectivity index (χ4v) is 7.03. The molecule has 1 saturated carbocycles. The van der Waals surface area contributed by atoms with Crippen molar-refractivity contribution in [2.45, 2.75) is 81.1 Å². The van der Waals surface area contributed by atoms with Gasteiger partial charge in [0, 0.05) is 24.7 Å². The highest BCUT2D eigenvalue weighted by Gasteiger charge is 2.51. The molecule has 1 aromatic carbocycles. The van der Waals surface area contributed by atoms with Gasteiger partial charge >= 0.3 is 7.60 Å². The predicted molar refractivity (Wildman–Crippen MR) is 168 cm³/mol. The SMILES string of the molecule is O=C1CCCN1c1ccc(COCC(CO)(OC[C@H]2O[C@@H](n3ncc4c(NC5CCCC5)nc(Cl)nc43)[C@H](O)[C@@H]2O)P(=O)(O)O)cc1. The summed E-state index contributed by atoms with van der Waals surface area (Å²) in [6, 6.07) is 7.21. The van der Waals surface area contributed by atoms with Crippen molar-refractivity contribution in [3.05, 3.63) is 41.3 Å². The first-order valence-corrected chi connectivity index (χ1v) is 17.4. The van der Waals surface area contributed by atoms with Gasteiger partial charge in [0.25, 0.3) is 0 Å². The average molecular weight is 697 g/mol. The highest BCUT2D eigenvalue weighted by Crippen LogP contribution is 2.51. The largest absolute Gasteiger partial charge is 0.393 e. The van der Waals surface area contributed by atoms with Crippen molar-refractivity contribution in [1.29, 1.82) is 0 Å². The van der Waals surface area contributed by atoms with E-state index in [2.05, 4.69) is 20.4 Å². The number of amides is 1. The van der Waals surface area contributed by atoms with Crippen LogP contribution < -0.4 is 10.2 Å². The molecule has 4 heterocycles. The normalized spacial score (nSPS) is 25.2. The molecule has 1 unspecified atom stereocenters. The van der Waals surface area contributed by atoms with E-state index in [9.17, 15) is 34.5 Å². The van der Waals surface area contributed by atoms with Crippen LogP contribution in [0.3, 0.4) is 0 Å². The van der Waals surface area contributed by atoms with Gasteiger partial charge in [-0.1, -0.05) is 25.0 Å². The number of anilines is 2. The zero-order chi connectivity index (χ0) is 33.3. The number of carbonyl (C=O) groups excluding carboxylic acids is 1. The van der Waals surface area contributed by atoms with Crippen LogP contribution in [-0.4, -0.2) is 107 Å². The summed E-state index contributed by atoms with van der Waals surface area (Å²) in [6.07, 6.45) is 1.35. The van der Waals surface area contributed by atoms with E-state index in [1.54, 1.807) is 29.2 Å². The Labute approximate surface area is 274 Å². The number of aliphatic hydroxyl groups excluding tert-OH is 3. The second-order valence-electron chi connectivity index (χ2n) is 12.1. The van der Waals surface area contributed by atoms with Gasteiger partial charge in [-0.25, -0.2) is 4.68 Å². The van der Waals surface area contributed by atoms with Crippen LogP contribution in [-0.2, 0) is 30.2 Å². The topological polar surface area (TPSA) is 222 Å². The van der Waals surface area contributed by atoms with Crippen LogP contribution in [0, 0.1) is 0 Å². The van der Waals surface area contributed by atoms with Gasteiger partial charge in [0.2, 0.25) is 16.5 Å². The van der Waals surface area contributed by atoms with E-state index >= 15 is 0 Å². The second kappa shape index (κ2) is 14.0. The molecule has 6 rings (SSSR count). The molecule has 3 fully saturated rings. The number of ether oxygens (including phenoxy) is 3. The maximum atomic E-state index is 12.6. The van der Waals surface area contributed by atoms with E-state index in [-0.39, 0.29) is 29.5 Å². The van der Waals surface area contributed by atoms with Crippen LogP contribution >= 0.6 is 19.2 Å². The molecule has 3 aromatic rings. The fraction of sp³-hybridized carbons (Fsp3) is 0.586. The van der Waals surface area contributed by atoms with Crippen molar-refractivity contribution >= 4 is 47.6 Å². The van der Waals surface area contributed by atoms with E-state index in [4.69, 9.17) is 25.8 Å². The molecule has 47 heavy (non-hydrogen) atoms. The van der Waals surface area contributed by atoms with Gasteiger partial charge in [0.05, 0.1) is 38.0 Å². The Hall–Kier alpha value is -2.76. The number of fused-ring (bicyclic) bond motifs is 1. The molecule has 0 spiro atoms. The first-order valence-electron chi connectivity index (χ1n) is 15.5. The Bertz CT molecular complexity index is 1620. The van der Waals surface area contributed by atoms with Gasteiger partial charge in [0.15, 0.2) is 11.9 Å². The van der Waals surface area contributed by atoms with Gasteiger partial charge in [-0.15, -0.1) is 0 Å². The zero-order valence-electron chi connectivity index (χ0n) is 25.4. The number of nitrogens with one attached hydrogen (secondary N) is 1. The quantitative estimate of drug-likeness (QED) is 0.111.